The third-order valence-corrected chi connectivity index (χ3v) is 5.62. The molecule has 0 saturated carbocycles. The van der Waals surface area contributed by atoms with Crippen LogP contribution in [0.5, 0.6) is 5.75 Å². The van der Waals surface area contributed by atoms with E-state index in [0.29, 0.717) is 16.5 Å². The largest absolute Gasteiger partial charge is 0.495 e. The molecule has 1 saturated heterocycles. The Bertz CT molecular complexity index is 1120. The van der Waals surface area contributed by atoms with Crippen LogP contribution in [0.15, 0.2) is 61.1 Å². The summed E-state index contributed by atoms with van der Waals surface area (Å²) in [5.74, 6) is 0.282. The number of methoxy groups -OCH3 is 2. The topological polar surface area (TPSA) is 80.7 Å². The lowest BCUT2D eigenvalue weighted by Gasteiger charge is -2.28. The van der Waals surface area contributed by atoms with Gasteiger partial charge in [-0.05, 0) is 54.2 Å². The Labute approximate surface area is 192 Å². The van der Waals surface area contributed by atoms with Crippen LogP contribution in [0.2, 0.25) is 0 Å². The molecule has 3 heterocycles. The molecular weight excluding hydrogens is 426 g/mol. The van der Waals surface area contributed by atoms with Crippen LogP contribution in [0.3, 0.4) is 0 Å². The van der Waals surface area contributed by atoms with Gasteiger partial charge in [0.15, 0.2) is 5.11 Å². The molecule has 2 N–H and O–H groups in total. The van der Waals surface area contributed by atoms with E-state index in [1.54, 1.807) is 13.3 Å². The average Bonchev–Trinajstić information content (AvgIpc) is 3.37. The molecule has 2 atom stereocenters. The molecule has 1 aromatic carbocycles. The number of pyridine rings is 1. The molecule has 0 spiro atoms. The summed E-state index contributed by atoms with van der Waals surface area (Å²) in [4.78, 5) is 18.8. The summed E-state index contributed by atoms with van der Waals surface area (Å²) in [5.41, 5.74) is 3.36. The smallest absolute Gasteiger partial charge is 0.250 e. The zero-order valence-electron chi connectivity index (χ0n) is 18.1. The minimum Gasteiger partial charge on any atom is -0.495 e. The fraction of sp³-hybridized carbons (Fsp3) is 0.261. The molecule has 3 aromatic rings. The highest BCUT2D eigenvalue weighted by Gasteiger charge is 2.41. The fourth-order valence-electron chi connectivity index (χ4n) is 3.93. The number of hydrogen-bond acceptors (Lipinski definition) is 5. The summed E-state index contributed by atoms with van der Waals surface area (Å²) in [7, 11) is 5.03. The van der Waals surface area contributed by atoms with E-state index >= 15 is 0 Å². The van der Waals surface area contributed by atoms with Gasteiger partial charge in [-0.1, -0.05) is 6.07 Å². The Morgan fingerprint density at radius 2 is 2.09 bits per heavy atom. The lowest BCUT2D eigenvalue weighted by molar-refractivity contribution is -0.119. The van der Waals surface area contributed by atoms with Crippen LogP contribution in [0.25, 0.3) is 0 Å². The standard InChI is InChI=1S/C23H25N5O3S/c1-27-11-9-15(13-27)22-21(17-6-4-5-10-24-17)26-23(32)28(22)16-7-8-19(31-3)18(12-16)25-20(29)14-30-2/h4-13,21-22H,14H2,1-3H3,(H,25,29)(H,26,32)/t21-,22-/m1/s1. The molecule has 4 rings (SSSR count). The number of carbonyl (C=O) groups excluding carboxylic acids is 1. The Hall–Kier alpha value is -3.43. The maximum atomic E-state index is 12.1. The highest BCUT2D eigenvalue weighted by atomic mass is 32.1. The molecule has 0 aliphatic carbocycles. The fourth-order valence-corrected chi connectivity index (χ4v) is 4.28. The predicted molar refractivity (Wildman–Crippen MR) is 127 cm³/mol. The molecule has 8 nitrogen and oxygen atoms in total. The lowest BCUT2D eigenvalue weighted by Crippen LogP contribution is -2.29. The van der Waals surface area contributed by atoms with E-state index < -0.39 is 0 Å². The molecule has 0 bridgehead atoms. The van der Waals surface area contributed by atoms with Crippen molar-refractivity contribution in [1.29, 1.82) is 0 Å². The van der Waals surface area contributed by atoms with Crippen molar-refractivity contribution in [2.75, 3.05) is 31.0 Å². The number of nitrogens with zero attached hydrogens (tertiary/aromatic N) is 3. The number of aryl methyl sites for hydroxylation is 1. The molecule has 1 amide bonds. The maximum absolute atomic E-state index is 12.1. The second-order valence-electron chi connectivity index (χ2n) is 7.47. The van der Waals surface area contributed by atoms with Crippen molar-refractivity contribution in [2.45, 2.75) is 12.1 Å². The summed E-state index contributed by atoms with van der Waals surface area (Å²) in [6, 6.07) is 13.3. The van der Waals surface area contributed by atoms with Crippen LogP contribution < -0.4 is 20.3 Å². The van der Waals surface area contributed by atoms with E-state index in [1.807, 2.05) is 54.2 Å². The molecule has 0 radical (unpaired) electrons. The lowest BCUT2D eigenvalue weighted by atomic mass is 9.98. The van der Waals surface area contributed by atoms with Gasteiger partial charge in [-0.25, -0.2) is 0 Å². The molecule has 1 fully saturated rings. The molecule has 166 valence electrons. The van der Waals surface area contributed by atoms with E-state index in [1.165, 1.54) is 7.11 Å². The molecule has 32 heavy (non-hydrogen) atoms. The number of amides is 1. The van der Waals surface area contributed by atoms with Gasteiger partial charge in [0.05, 0.1) is 30.6 Å². The van der Waals surface area contributed by atoms with Gasteiger partial charge in [-0.15, -0.1) is 0 Å². The summed E-state index contributed by atoms with van der Waals surface area (Å²) in [5, 5.41) is 6.86. The van der Waals surface area contributed by atoms with Crippen LogP contribution in [0.4, 0.5) is 11.4 Å². The number of benzene rings is 1. The van der Waals surface area contributed by atoms with Gasteiger partial charge in [0.2, 0.25) is 5.91 Å². The molecule has 2 aromatic heterocycles. The van der Waals surface area contributed by atoms with E-state index in [0.717, 1.165) is 16.9 Å². The first-order valence-corrected chi connectivity index (χ1v) is 10.5. The molecule has 9 heteroatoms. The number of carbonyl (C=O) groups is 1. The minimum atomic E-state index is -0.268. The summed E-state index contributed by atoms with van der Waals surface area (Å²) in [6.07, 6.45) is 5.87. The van der Waals surface area contributed by atoms with Crippen molar-refractivity contribution in [1.82, 2.24) is 14.9 Å². The van der Waals surface area contributed by atoms with Crippen LogP contribution in [0, 0.1) is 0 Å². The summed E-state index contributed by atoms with van der Waals surface area (Å²) in [6.45, 7) is -0.0501. The Kier molecular flexibility index (Phi) is 6.38. The van der Waals surface area contributed by atoms with Gasteiger partial charge in [0.25, 0.3) is 0 Å². The Morgan fingerprint density at radius 1 is 1.25 bits per heavy atom. The predicted octanol–water partition coefficient (Wildman–Crippen LogP) is 3.19. The first kappa shape index (κ1) is 21.8. The monoisotopic (exact) mass is 451 g/mol. The van der Waals surface area contributed by atoms with Gasteiger partial charge >= 0.3 is 0 Å². The van der Waals surface area contributed by atoms with Crippen LogP contribution in [0.1, 0.15) is 23.3 Å². The van der Waals surface area contributed by atoms with E-state index in [9.17, 15) is 4.79 Å². The van der Waals surface area contributed by atoms with Crippen molar-refractivity contribution in [3.05, 3.63) is 72.3 Å². The third-order valence-electron chi connectivity index (χ3n) is 5.31. The summed E-state index contributed by atoms with van der Waals surface area (Å²) < 4.78 is 12.4. The van der Waals surface area contributed by atoms with E-state index in [4.69, 9.17) is 21.7 Å². The first-order valence-electron chi connectivity index (χ1n) is 10.1. The number of ether oxygens (including phenoxy) is 2. The first-order chi connectivity index (χ1) is 15.5. The molecular formula is C23H25N5O3S. The minimum absolute atomic E-state index is 0.0501. The van der Waals surface area contributed by atoms with Crippen LogP contribution in [-0.2, 0) is 16.6 Å². The van der Waals surface area contributed by atoms with Crippen LogP contribution in [-0.4, -0.2) is 41.4 Å². The normalized spacial score (nSPS) is 17.8. The van der Waals surface area contributed by atoms with Crippen molar-refractivity contribution in [3.63, 3.8) is 0 Å². The number of aromatic nitrogens is 2. The van der Waals surface area contributed by atoms with Gasteiger partial charge in [-0.3, -0.25) is 9.78 Å². The van der Waals surface area contributed by atoms with Crippen molar-refractivity contribution in [2.24, 2.45) is 7.05 Å². The number of rotatable bonds is 7. The van der Waals surface area contributed by atoms with E-state index in [-0.39, 0.29) is 24.6 Å². The molecule has 0 unspecified atom stereocenters. The van der Waals surface area contributed by atoms with Crippen LogP contribution >= 0.6 is 12.2 Å². The summed E-state index contributed by atoms with van der Waals surface area (Å²) >= 11 is 5.76. The van der Waals surface area contributed by atoms with E-state index in [2.05, 4.69) is 32.8 Å². The highest BCUT2D eigenvalue weighted by molar-refractivity contribution is 7.80. The number of hydrogen-bond donors (Lipinski definition) is 2. The SMILES string of the molecule is COCC(=O)Nc1cc(N2C(=S)N[C@H](c3ccccn3)[C@H]2c2ccn(C)c2)ccc1OC. The molecule has 1 aliphatic heterocycles. The molecule has 1 aliphatic rings. The highest BCUT2D eigenvalue weighted by Crippen LogP contribution is 2.43. The van der Waals surface area contributed by atoms with Gasteiger partial charge in [0, 0.05) is 38.4 Å². The zero-order valence-corrected chi connectivity index (χ0v) is 18.9. The average molecular weight is 452 g/mol. The van der Waals surface area contributed by atoms with Gasteiger partial charge < -0.3 is 29.6 Å². The second-order valence-corrected chi connectivity index (χ2v) is 7.86. The number of nitrogens with one attached hydrogen (secondary N) is 2. The second kappa shape index (κ2) is 9.37. The van der Waals surface area contributed by atoms with Crippen molar-refractivity contribution >= 4 is 34.6 Å². The number of thiocarbonyl (C=S) groups is 1. The van der Waals surface area contributed by atoms with Crippen molar-refractivity contribution < 1.29 is 14.3 Å². The van der Waals surface area contributed by atoms with Crippen molar-refractivity contribution in [3.8, 4) is 5.75 Å². The Morgan fingerprint density at radius 3 is 2.75 bits per heavy atom. The third kappa shape index (κ3) is 4.30. The number of anilines is 2. The quantitative estimate of drug-likeness (QED) is 0.534. The maximum Gasteiger partial charge on any atom is 0.250 e. The van der Waals surface area contributed by atoms with Gasteiger partial charge in [-0.2, -0.15) is 0 Å². The zero-order chi connectivity index (χ0) is 22.7. The Balaban J connectivity index is 1.77. The van der Waals surface area contributed by atoms with Gasteiger partial charge in [0.1, 0.15) is 12.4 Å².